The van der Waals surface area contributed by atoms with Gasteiger partial charge >= 0.3 is 12.0 Å². The number of imide groups is 1. The van der Waals surface area contributed by atoms with Gasteiger partial charge in [-0.05, 0) is 39.8 Å². The van der Waals surface area contributed by atoms with E-state index in [1.807, 2.05) is 0 Å². The fraction of sp³-hybridized carbons (Fsp3) is 0.444. The summed E-state index contributed by atoms with van der Waals surface area (Å²) in [5.74, 6) is -1.76. The highest BCUT2D eigenvalue weighted by Gasteiger charge is 2.22. The molecular formula is C18H25N3O6. The number of hydrogen-bond acceptors (Lipinski definition) is 6. The van der Waals surface area contributed by atoms with Gasteiger partial charge in [0.2, 0.25) is 0 Å². The minimum Gasteiger partial charge on any atom is -0.496 e. The molecule has 0 aliphatic heterocycles. The Kier molecular flexibility index (Phi) is 7.77. The third-order valence-corrected chi connectivity index (χ3v) is 3.15. The van der Waals surface area contributed by atoms with Crippen LogP contribution >= 0.6 is 0 Å². The lowest BCUT2D eigenvalue weighted by molar-refractivity contribution is -0.153. The molecule has 1 rings (SSSR count). The van der Waals surface area contributed by atoms with Gasteiger partial charge in [0.15, 0.2) is 6.10 Å². The zero-order chi connectivity index (χ0) is 20.6. The van der Waals surface area contributed by atoms with Crippen molar-refractivity contribution in [2.45, 2.75) is 39.3 Å². The Bertz CT molecular complexity index is 711. The third-order valence-electron chi connectivity index (χ3n) is 3.15. The maximum Gasteiger partial charge on any atom is 0.326 e. The van der Waals surface area contributed by atoms with Crippen molar-refractivity contribution >= 4 is 23.8 Å². The summed E-state index contributed by atoms with van der Waals surface area (Å²) < 4.78 is 9.98. The lowest BCUT2D eigenvalue weighted by Crippen LogP contribution is -2.50. The van der Waals surface area contributed by atoms with Gasteiger partial charge in [0.25, 0.3) is 11.8 Å². The van der Waals surface area contributed by atoms with E-state index in [1.165, 1.54) is 14.0 Å². The molecule has 0 saturated heterocycles. The average Bonchev–Trinajstić information content (AvgIpc) is 2.57. The summed E-state index contributed by atoms with van der Waals surface area (Å²) in [6.07, 6.45) is -1.20. The van der Waals surface area contributed by atoms with Gasteiger partial charge in [-0.1, -0.05) is 12.1 Å². The molecule has 1 aromatic carbocycles. The quantitative estimate of drug-likeness (QED) is 0.633. The lowest BCUT2D eigenvalue weighted by Gasteiger charge is -2.21. The number of amides is 4. The van der Waals surface area contributed by atoms with Crippen LogP contribution in [0.2, 0.25) is 0 Å². The Hall–Kier alpha value is -3.10. The predicted molar refractivity (Wildman–Crippen MR) is 97.3 cm³/mol. The molecule has 9 heteroatoms. The number of rotatable bonds is 6. The highest BCUT2D eigenvalue weighted by atomic mass is 16.5. The molecule has 0 spiro atoms. The largest absolute Gasteiger partial charge is 0.496 e. The molecule has 27 heavy (non-hydrogen) atoms. The van der Waals surface area contributed by atoms with E-state index in [2.05, 4.69) is 16.0 Å². The number of nitrogens with one attached hydrogen (secondary N) is 3. The predicted octanol–water partition coefficient (Wildman–Crippen LogP) is 0.981. The molecule has 0 bridgehead atoms. The van der Waals surface area contributed by atoms with E-state index < -0.39 is 42.0 Å². The standard InChI is InChI=1S/C18H25N3O6/c1-11(15(23)20-17(25)21-18(2,3)4)27-14(22)10-19-16(24)12-8-6-7-9-13(12)26-5/h6-9,11H,10H2,1-5H3,(H,19,24)(H2,20,21,23,25). The first-order valence-electron chi connectivity index (χ1n) is 8.27. The summed E-state index contributed by atoms with van der Waals surface area (Å²) in [7, 11) is 1.43. The zero-order valence-corrected chi connectivity index (χ0v) is 16.0. The van der Waals surface area contributed by atoms with Crippen LogP contribution < -0.4 is 20.7 Å². The molecule has 0 saturated carbocycles. The number of esters is 1. The van der Waals surface area contributed by atoms with Gasteiger partial charge in [0.05, 0.1) is 12.7 Å². The molecule has 1 aromatic rings. The molecule has 148 valence electrons. The van der Waals surface area contributed by atoms with Crippen LogP contribution in [0.1, 0.15) is 38.1 Å². The summed E-state index contributed by atoms with van der Waals surface area (Å²) in [4.78, 5) is 47.4. The van der Waals surface area contributed by atoms with Crippen LogP contribution in [0.5, 0.6) is 5.75 Å². The highest BCUT2D eigenvalue weighted by Crippen LogP contribution is 2.16. The first-order valence-corrected chi connectivity index (χ1v) is 8.27. The summed E-state index contributed by atoms with van der Waals surface area (Å²) in [6.45, 7) is 6.14. The van der Waals surface area contributed by atoms with E-state index >= 15 is 0 Å². The second kappa shape index (κ2) is 9.56. The maximum atomic E-state index is 12.1. The minimum absolute atomic E-state index is 0.262. The number of benzene rings is 1. The van der Waals surface area contributed by atoms with E-state index in [0.717, 1.165) is 0 Å². The number of para-hydroxylation sites is 1. The molecule has 4 amide bonds. The molecule has 1 unspecified atom stereocenters. The first kappa shape index (κ1) is 21.9. The molecule has 0 aromatic heterocycles. The van der Waals surface area contributed by atoms with Crippen molar-refractivity contribution in [2.75, 3.05) is 13.7 Å². The van der Waals surface area contributed by atoms with Gasteiger partial charge in [-0.2, -0.15) is 0 Å². The van der Waals surface area contributed by atoms with Crippen LogP contribution in [-0.4, -0.2) is 49.1 Å². The molecule has 9 nitrogen and oxygen atoms in total. The van der Waals surface area contributed by atoms with Crippen molar-refractivity contribution < 1.29 is 28.7 Å². The Labute approximate surface area is 157 Å². The van der Waals surface area contributed by atoms with E-state index in [4.69, 9.17) is 9.47 Å². The summed E-state index contributed by atoms with van der Waals surface area (Å²) in [5.41, 5.74) is -0.259. The SMILES string of the molecule is COc1ccccc1C(=O)NCC(=O)OC(C)C(=O)NC(=O)NC(C)(C)C. The van der Waals surface area contributed by atoms with E-state index in [0.29, 0.717) is 5.75 Å². The van der Waals surface area contributed by atoms with Crippen LogP contribution in [0.15, 0.2) is 24.3 Å². The maximum absolute atomic E-state index is 12.1. The van der Waals surface area contributed by atoms with Crippen LogP contribution in [0.3, 0.4) is 0 Å². The summed E-state index contributed by atoms with van der Waals surface area (Å²) in [5, 5.41) is 7.01. The smallest absolute Gasteiger partial charge is 0.326 e. The summed E-state index contributed by atoms with van der Waals surface area (Å²) >= 11 is 0. The van der Waals surface area contributed by atoms with E-state index in [1.54, 1.807) is 45.0 Å². The molecule has 0 heterocycles. The second-order valence-electron chi connectivity index (χ2n) is 6.71. The Morgan fingerprint density at radius 3 is 2.33 bits per heavy atom. The van der Waals surface area contributed by atoms with E-state index in [9.17, 15) is 19.2 Å². The van der Waals surface area contributed by atoms with Crippen LogP contribution in [0.25, 0.3) is 0 Å². The highest BCUT2D eigenvalue weighted by molar-refractivity contribution is 5.99. The fourth-order valence-electron chi connectivity index (χ4n) is 1.96. The fourth-order valence-corrected chi connectivity index (χ4v) is 1.96. The second-order valence-corrected chi connectivity index (χ2v) is 6.71. The normalized spacial score (nSPS) is 11.7. The number of urea groups is 1. The molecule has 0 fully saturated rings. The van der Waals surface area contributed by atoms with Crippen LogP contribution in [-0.2, 0) is 14.3 Å². The molecule has 1 atom stereocenters. The Morgan fingerprint density at radius 2 is 1.74 bits per heavy atom. The van der Waals surface area contributed by atoms with Crippen molar-refractivity contribution in [3.8, 4) is 5.75 Å². The number of carbonyl (C=O) groups excluding carboxylic acids is 4. The topological polar surface area (TPSA) is 123 Å². The van der Waals surface area contributed by atoms with Gasteiger partial charge in [0.1, 0.15) is 12.3 Å². The van der Waals surface area contributed by atoms with Crippen molar-refractivity contribution in [1.82, 2.24) is 16.0 Å². The summed E-state index contributed by atoms with van der Waals surface area (Å²) in [6, 6.07) is 5.83. The molecule has 0 aliphatic carbocycles. The molecular weight excluding hydrogens is 354 g/mol. The van der Waals surface area contributed by atoms with Gasteiger partial charge in [-0.3, -0.25) is 19.7 Å². The molecule has 0 aliphatic rings. The molecule has 3 N–H and O–H groups in total. The number of ether oxygens (including phenoxy) is 2. The number of hydrogen-bond donors (Lipinski definition) is 3. The van der Waals surface area contributed by atoms with Gasteiger partial charge in [-0.15, -0.1) is 0 Å². The van der Waals surface area contributed by atoms with Gasteiger partial charge < -0.3 is 20.1 Å². The lowest BCUT2D eigenvalue weighted by atomic mass is 10.1. The number of carbonyl (C=O) groups is 4. The Morgan fingerprint density at radius 1 is 1.11 bits per heavy atom. The molecule has 0 radical (unpaired) electrons. The van der Waals surface area contributed by atoms with Crippen molar-refractivity contribution in [2.24, 2.45) is 0 Å². The van der Waals surface area contributed by atoms with Crippen molar-refractivity contribution in [3.63, 3.8) is 0 Å². The van der Waals surface area contributed by atoms with Crippen molar-refractivity contribution in [3.05, 3.63) is 29.8 Å². The van der Waals surface area contributed by atoms with Crippen LogP contribution in [0, 0.1) is 0 Å². The zero-order valence-electron chi connectivity index (χ0n) is 16.0. The Balaban J connectivity index is 2.48. The monoisotopic (exact) mass is 379 g/mol. The van der Waals surface area contributed by atoms with Gasteiger partial charge in [0, 0.05) is 5.54 Å². The third kappa shape index (κ3) is 7.76. The van der Waals surface area contributed by atoms with Crippen LogP contribution in [0.4, 0.5) is 4.79 Å². The first-order chi connectivity index (χ1) is 12.5. The van der Waals surface area contributed by atoms with Gasteiger partial charge in [-0.25, -0.2) is 4.79 Å². The van der Waals surface area contributed by atoms with E-state index in [-0.39, 0.29) is 5.56 Å². The minimum atomic E-state index is -1.20. The number of methoxy groups -OCH3 is 1. The average molecular weight is 379 g/mol. The van der Waals surface area contributed by atoms with Crippen molar-refractivity contribution in [1.29, 1.82) is 0 Å².